The maximum Gasteiger partial charge on any atom is 0.252 e. The van der Waals surface area contributed by atoms with Crippen molar-refractivity contribution in [1.29, 1.82) is 0 Å². The van der Waals surface area contributed by atoms with Gasteiger partial charge in [-0.25, -0.2) is 0 Å². The SMILES string of the molecule is NC(=O)C1(NC(=O)c2ccc(Br)cc2)CCN(Cc2ccccc2)CC1. The minimum Gasteiger partial charge on any atom is -0.368 e. The number of hydrogen-bond donors (Lipinski definition) is 2. The second-order valence-electron chi connectivity index (χ2n) is 6.67. The van der Waals surface area contributed by atoms with E-state index in [1.54, 1.807) is 24.3 Å². The molecule has 2 amide bonds. The van der Waals surface area contributed by atoms with Crippen LogP contribution in [-0.4, -0.2) is 35.3 Å². The van der Waals surface area contributed by atoms with Gasteiger partial charge in [0.15, 0.2) is 0 Å². The highest BCUT2D eigenvalue weighted by Crippen LogP contribution is 2.24. The molecule has 26 heavy (non-hydrogen) atoms. The van der Waals surface area contributed by atoms with Crippen molar-refractivity contribution in [1.82, 2.24) is 10.2 Å². The van der Waals surface area contributed by atoms with Crippen LogP contribution in [0.2, 0.25) is 0 Å². The van der Waals surface area contributed by atoms with E-state index in [9.17, 15) is 9.59 Å². The Balaban J connectivity index is 1.65. The second kappa shape index (κ2) is 8.01. The van der Waals surface area contributed by atoms with Gasteiger partial charge in [0.2, 0.25) is 5.91 Å². The lowest BCUT2D eigenvalue weighted by Crippen LogP contribution is -2.62. The molecule has 0 bridgehead atoms. The van der Waals surface area contributed by atoms with Gasteiger partial charge in [-0.3, -0.25) is 14.5 Å². The minimum absolute atomic E-state index is 0.271. The van der Waals surface area contributed by atoms with Gasteiger partial charge in [-0.1, -0.05) is 46.3 Å². The zero-order valence-corrected chi connectivity index (χ0v) is 16.0. The Bertz CT molecular complexity index is 769. The Kier molecular flexibility index (Phi) is 5.74. The Hall–Kier alpha value is -2.18. The van der Waals surface area contributed by atoms with Crippen molar-refractivity contribution in [2.45, 2.75) is 24.9 Å². The molecule has 0 unspecified atom stereocenters. The van der Waals surface area contributed by atoms with E-state index in [4.69, 9.17) is 5.73 Å². The predicted octanol–water partition coefficient (Wildman–Crippen LogP) is 2.70. The van der Waals surface area contributed by atoms with Crippen molar-refractivity contribution < 1.29 is 9.59 Å². The number of primary amides is 1. The van der Waals surface area contributed by atoms with Crippen LogP contribution in [-0.2, 0) is 11.3 Å². The molecular weight excluding hydrogens is 394 g/mol. The molecular formula is C20H22BrN3O2. The summed E-state index contributed by atoms with van der Waals surface area (Å²) >= 11 is 3.35. The van der Waals surface area contributed by atoms with Gasteiger partial charge in [-0.05, 0) is 42.7 Å². The highest BCUT2D eigenvalue weighted by Gasteiger charge is 2.41. The Morgan fingerprint density at radius 3 is 2.23 bits per heavy atom. The third kappa shape index (κ3) is 4.31. The lowest BCUT2D eigenvalue weighted by Gasteiger charge is -2.40. The zero-order chi connectivity index (χ0) is 18.6. The molecule has 3 N–H and O–H groups in total. The van der Waals surface area contributed by atoms with E-state index in [1.165, 1.54) is 5.56 Å². The highest BCUT2D eigenvalue weighted by molar-refractivity contribution is 9.10. The number of benzene rings is 2. The summed E-state index contributed by atoms with van der Waals surface area (Å²) in [6.45, 7) is 2.24. The molecule has 1 saturated heterocycles. The van der Waals surface area contributed by atoms with Gasteiger partial charge in [0, 0.05) is 29.7 Å². The topological polar surface area (TPSA) is 75.4 Å². The summed E-state index contributed by atoms with van der Waals surface area (Å²) in [7, 11) is 0. The van der Waals surface area contributed by atoms with Crippen molar-refractivity contribution >= 4 is 27.7 Å². The number of piperidine rings is 1. The molecule has 5 nitrogen and oxygen atoms in total. The average molecular weight is 416 g/mol. The quantitative estimate of drug-likeness (QED) is 0.787. The lowest BCUT2D eigenvalue weighted by atomic mass is 9.86. The van der Waals surface area contributed by atoms with Crippen LogP contribution >= 0.6 is 15.9 Å². The second-order valence-corrected chi connectivity index (χ2v) is 7.58. The van der Waals surface area contributed by atoms with Gasteiger partial charge in [0.25, 0.3) is 5.91 Å². The number of nitrogens with two attached hydrogens (primary N) is 1. The highest BCUT2D eigenvalue weighted by atomic mass is 79.9. The van der Waals surface area contributed by atoms with Crippen LogP contribution in [0.15, 0.2) is 59.1 Å². The van der Waals surface area contributed by atoms with Gasteiger partial charge >= 0.3 is 0 Å². The summed E-state index contributed by atoms with van der Waals surface area (Å²) in [5.41, 5.74) is 6.43. The van der Waals surface area contributed by atoms with E-state index in [0.717, 1.165) is 11.0 Å². The normalized spacial score (nSPS) is 16.8. The molecule has 0 spiro atoms. The fourth-order valence-corrected chi connectivity index (χ4v) is 3.52. The fourth-order valence-electron chi connectivity index (χ4n) is 3.26. The molecule has 3 rings (SSSR count). The Morgan fingerprint density at radius 2 is 1.65 bits per heavy atom. The number of carbonyl (C=O) groups is 2. The minimum atomic E-state index is -0.989. The number of rotatable bonds is 5. The Morgan fingerprint density at radius 1 is 1.04 bits per heavy atom. The van der Waals surface area contributed by atoms with Crippen molar-refractivity contribution in [3.63, 3.8) is 0 Å². The maximum absolute atomic E-state index is 12.6. The predicted molar refractivity (Wildman–Crippen MR) is 104 cm³/mol. The van der Waals surface area contributed by atoms with Crippen LogP contribution in [0.5, 0.6) is 0 Å². The van der Waals surface area contributed by atoms with Crippen LogP contribution < -0.4 is 11.1 Å². The van der Waals surface area contributed by atoms with E-state index in [1.807, 2.05) is 18.2 Å². The smallest absolute Gasteiger partial charge is 0.252 e. The molecule has 1 fully saturated rings. The molecule has 136 valence electrons. The summed E-state index contributed by atoms with van der Waals surface area (Å²) in [5, 5.41) is 2.90. The molecule has 1 aliphatic heterocycles. The van der Waals surface area contributed by atoms with Crippen molar-refractivity contribution in [2.24, 2.45) is 5.73 Å². The standard InChI is InChI=1S/C20H22BrN3O2/c21-17-8-6-16(7-9-17)18(25)23-20(19(22)26)10-12-24(13-11-20)14-15-4-2-1-3-5-15/h1-9H,10-14H2,(H2,22,26)(H,23,25). The van der Waals surface area contributed by atoms with Gasteiger partial charge in [0.1, 0.15) is 5.54 Å². The molecule has 1 heterocycles. The van der Waals surface area contributed by atoms with Crippen molar-refractivity contribution in [3.05, 3.63) is 70.2 Å². The lowest BCUT2D eigenvalue weighted by molar-refractivity contribution is -0.126. The molecule has 0 radical (unpaired) electrons. The third-order valence-electron chi connectivity index (χ3n) is 4.89. The first-order valence-electron chi connectivity index (χ1n) is 8.63. The number of hydrogen-bond acceptors (Lipinski definition) is 3. The van der Waals surface area contributed by atoms with Gasteiger partial charge in [-0.15, -0.1) is 0 Å². The monoisotopic (exact) mass is 415 g/mol. The summed E-state index contributed by atoms with van der Waals surface area (Å²) in [6.07, 6.45) is 1.02. The number of likely N-dealkylation sites (tertiary alicyclic amines) is 1. The molecule has 0 saturated carbocycles. The first kappa shape index (κ1) is 18.6. The number of nitrogens with one attached hydrogen (secondary N) is 1. The molecule has 0 aromatic heterocycles. The average Bonchev–Trinajstić information content (AvgIpc) is 2.64. The van der Waals surface area contributed by atoms with E-state index in [-0.39, 0.29) is 5.91 Å². The van der Waals surface area contributed by atoms with Crippen LogP contribution in [0, 0.1) is 0 Å². The first-order chi connectivity index (χ1) is 12.5. The van der Waals surface area contributed by atoms with Crippen LogP contribution in [0.4, 0.5) is 0 Å². The van der Waals surface area contributed by atoms with Gasteiger partial charge < -0.3 is 11.1 Å². The molecule has 0 atom stereocenters. The van der Waals surface area contributed by atoms with E-state index < -0.39 is 11.4 Å². The molecule has 6 heteroatoms. The van der Waals surface area contributed by atoms with Crippen molar-refractivity contribution in [2.75, 3.05) is 13.1 Å². The summed E-state index contributed by atoms with van der Waals surface area (Å²) < 4.78 is 0.896. The molecule has 0 aliphatic carbocycles. The largest absolute Gasteiger partial charge is 0.368 e. The van der Waals surface area contributed by atoms with Crippen molar-refractivity contribution in [3.8, 4) is 0 Å². The number of amides is 2. The summed E-state index contributed by atoms with van der Waals surface area (Å²) in [4.78, 5) is 27.0. The maximum atomic E-state index is 12.6. The van der Waals surface area contributed by atoms with Crippen LogP contribution in [0.1, 0.15) is 28.8 Å². The summed E-state index contributed by atoms with van der Waals surface area (Å²) in [5.74, 6) is -0.741. The van der Waals surface area contributed by atoms with Crippen LogP contribution in [0.3, 0.4) is 0 Å². The third-order valence-corrected chi connectivity index (χ3v) is 5.42. The summed E-state index contributed by atoms with van der Waals surface area (Å²) in [6, 6.07) is 17.3. The number of halogens is 1. The van der Waals surface area contributed by atoms with E-state index >= 15 is 0 Å². The number of nitrogens with zero attached hydrogens (tertiary/aromatic N) is 1. The molecule has 1 aliphatic rings. The molecule has 2 aromatic carbocycles. The van der Waals surface area contributed by atoms with E-state index in [2.05, 4.69) is 38.3 Å². The van der Waals surface area contributed by atoms with Gasteiger partial charge in [-0.2, -0.15) is 0 Å². The fraction of sp³-hybridized carbons (Fsp3) is 0.300. The number of carbonyl (C=O) groups excluding carboxylic acids is 2. The van der Waals surface area contributed by atoms with Gasteiger partial charge in [0.05, 0.1) is 0 Å². The van der Waals surface area contributed by atoms with Crippen LogP contribution in [0.25, 0.3) is 0 Å². The van der Waals surface area contributed by atoms with E-state index in [0.29, 0.717) is 31.5 Å². The first-order valence-corrected chi connectivity index (χ1v) is 9.42. The zero-order valence-electron chi connectivity index (χ0n) is 14.5. The molecule has 2 aromatic rings. The Labute approximate surface area is 161 Å².